The number of aryl methyl sites for hydroxylation is 2. The summed E-state index contributed by atoms with van der Waals surface area (Å²) in [6.45, 7) is 2.09. The molecule has 2 heterocycles. The van der Waals surface area contributed by atoms with Crippen molar-refractivity contribution in [2.45, 2.75) is 20.0 Å². The van der Waals surface area contributed by atoms with Gasteiger partial charge in [0, 0.05) is 19.2 Å². The highest BCUT2D eigenvalue weighted by molar-refractivity contribution is 5.77. The minimum atomic E-state index is -0.468. The number of rotatable bonds is 5. The number of methoxy groups -OCH3 is 2. The Bertz CT molecular complexity index is 1180. The van der Waals surface area contributed by atoms with Crippen LogP contribution in [0.2, 0.25) is 0 Å². The van der Waals surface area contributed by atoms with Crippen molar-refractivity contribution >= 4 is 11.2 Å². The van der Waals surface area contributed by atoms with Crippen molar-refractivity contribution < 1.29 is 9.47 Å². The Hall–Kier alpha value is -3.47. The van der Waals surface area contributed by atoms with Gasteiger partial charge in [-0.2, -0.15) is 0 Å². The van der Waals surface area contributed by atoms with Gasteiger partial charge in [-0.3, -0.25) is 9.36 Å². The van der Waals surface area contributed by atoms with Crippen LogP contribution in [0, 0.1) is 12.3 Å². The molecule has 27 heavy (non-hydrogen) atoms. The molecule has 0 amide bonds. The van der Waals surface area contributed by atoms with Gasteiger partial charge in [-0.05, 0) is 25.1 Å². The molecule has 0 aliphatic rings. The number of imidazole rings is 1. The van der Waals surface area contributed by atoms with Crippen molar-refractivity contribution in [3.05, 3.63) is 39.0 Å². The van der Waals surface area contributed by atoms with Crippen molar-refractivity contribution in [3.8, 4) is 35.2 Å². The highest BCUT2D eigenvalue weighted by atomic mass is 16.5. The zero-order valence-electron chi connectivity index (χ0n) is 15.6. The minimum absolute atomic E-state index is 0.0928. The summed E-state index contributed by atoms with van der Waals surface area (Å²) in [5, 5.41) is 0. The Morgan fingerprint density at radius 2 is 1.85 bits per heavy atom. The zero-order valence-corrected chi connectivity index (χ0v) is 15.6. The normalized spacial score (nSPS) is 10.8. The molecule has 2 aromatic heterocycles. The molecule has 0 spiro atoms. The third-order valence-corrected chi connectivity index (χ3v) is 4.45. The van der Waals surface area contributed by atoms with E-state index in [1.807, 2.05) is 13.0 Å². The minimum Gasteiger partial charge on any atom is -0.493 e. The topological polar surface area (TPSA) is 80.3 Å². The summed E-state index contributed by atoms with van der Waals surface area (Å²) in [5.74, 6) is 4.01. The molecule has 0 bridgehead atoms. The number of hydrogen-bond donors (Lipinski definition) is 0. The van der Waals surface area contributed by atoms with Crippen LogP contribution in [0.5, 0.6) is 11.5 Å². The maximum atomic E-state index is 12.8. The SMILES string of the molecule is C#CCn1c(=O)c2c(nc(-c3ccc(OC)c(OC)c3)n2C)n(CC)c1=O. The van der Waals surface area contributed by atoms with E-state index >= 15 is 0 Å². The Balaban J connectivity index is 2.37. The molecule has 0 N–H and O–H groups in total. The molecule has 0 saturated carbocycles. The second-order valence-electron chi connectivity index (χ2n) is 5.86. The van der Waals surface area contributed by atoms with Crippen LogP contribution in [-0.4, -0.2) is 32.9 Å². The van der Waals surface area contributed by atoms with E-state index in [0.717, 1.165) is 10.1 Å². The summed E-state index contributed by atoms with van der Waals surface area (Å²) in [5.41, 5.74) is 0.443. The second-order valence-corrected chi connectivity index (χ2v) is 5.86. The fourth-order valence-electron chi connectivity index (χ4n) is 3.11. The van der Waals surface area contributed by atoms with E-state index in [1.54, 1.807) is 38.0 Å². The average molecular weight is 368 g/mol. The second kappa shape index (κ2) is 7.03. The predicted octanol–water partition coefficient (Wildman–Crippen LogP) is 1.23. The number of nitrogens with zero attached hydrogens (tertiary/aromatic N) is 4. The fourth-order valence-corrected chi connectivity index (χ4v) is 3.11. The lowest BCUT2D eigenvalue weighted by Crippen LogP contribution is -2.40. The van der Waals surface area contributed by atoms with Gasteiger partial charge in [-0.1, -0.05) is 5.92 Å². The number of terminal acetylenes is 1. The summed E-state index contributed by atoms with van der Waals surface area (Å²) >= 11 is 0. The molecule has 0 atom stereocenters. The van der Waals surface area contributed by atoms with Crippen LogP contribution in [0.3, 0.4) is 0 Å². The molecular weight excluding hydrogens is 348 g/mol. The molecule has 0 aliphatic carbocycles. The summed E-state index contributed by atoms with van der Waals surface area (Å²) in [6.07, 6.45) is 5.32. The van der Waals surface area contributed by atoms with E-state index in [2.05, 4.69) is 10.9 Å². The monoisotopic (exact) mass is 368 g/mol. The van der Waals surface area contributed by atoms with E-state index in [0.29, 0.717) is 35.0 Å². The standard InChI is InChI=1S/C19H20N4O4/c1-6-10-23-18(24)15-17(22(7-2)19(23)25)20-16(21(15)3)12-8-9-13(26-4)14(11-12)27-5/h1,8-9,11H,7,10H2,2-5H3. The first-order valence-electron chi connectivity index (χ1n) is 8.34. The number of hydrogen-bond acceptors (Lipinski definition) is 5. The summed E-state index contributed by atoms with van der Waals surface area (Å²) < 4.78 is 14.8. The molecular formula is C19H20N4O4. The van der Waals surface area contributed by atoms with Gasteiger partial charge in [-0.25, -0.2) is 14.3 Å². The first-order chi connectivity index (χ1) is 13.0. The largest absolute Gasteiger partial charge is 0.493 e. The lowest BCUT2D eigenvalue weighted by atomic mass is 10.2. The van der Waals surface area contributed by atoms with Gasteiger partial charge in [0.1, 0.15) is 5.82 Å². The zero-order chi connectivity index (χ0) is 19.7. The highest BCUT2D eigenvalue weighted by Gasteiger charge is 2.20. The van der Waals surface area contributed by atoms with Gasteiger partial charge < -0.3 is 14.0 Å². The molecule has 0 fully saturated rings. The van der Waals surface area contributed by atoms with E-state index in [1.165, 1.54) is 4.57 Å². The fraction of sp³-hybridized carbons (Fsp3) is 0.316. The summed E-state index contributed by atoms with van der Waals surface area (Å²) in [7, 11) is 4.83. The van der Waals surface area contributed by atoms with Crippen LogP contribution in [-0.2, 0) is 20.1 Å². The lowest BCUT2D eigenvalue weighted by molar-refractivity contribution is 0.355. The molecule has 8 heteroatoms. The molecule has 3 aromatic rings. The molecule has 3 rings (SSSR count). The Morgan fingerprint density at radius 1 is 1.15 bits per heavy atom. The number of ether oxygens (including phenoxy) is 2. The van der Waals surface area contributed by atoms with E-state index < -0.39 is 11.2 Å². The van der Waals surface area contributed by atoms with Crippen molar-refractivity contribution in [3.63, 3.8) is 0 Å². The molecule has 0 aliphatic heterocycles. The summed E-state index contributed by atoms with van der Waals surface area (Å²) in [4.78, 5) is 30.0. The van der Waals surface area contributed by atoms with Gasteiger partial charge >= 0.3 is 5.69 Å². The van der Waals surface area contributed by atoms with Crippen LogP contribution >= 0.6 is 0 Å². The Kier molecular flexibility index (Phi) is 4.77. The molecule has 140 valence electrons. The molecule has 8 nitrogen and oxygen atoms in total. The molecule has 1 aromatic carbocycles. The van der Waals surface area contributed by atoms with Crippen LogP contribution in [0.4, 0.5) is 0 Å². The summed E-state index contributed by atoms with van der Waals surface area (Å²) in [6, 6.07) is 5.35. The van der Waals surface area contributed by atoms with Crippen LogP contribution < -0.4 is 20.7 Å². The quantitative estimate of drug-likeness (QED) is 0.633. The molecule has 0 radical (unpaired) electrons. The number of fused-ring (bicyclic) bond motifs is 1. The van der Waals surface area contributed by atoms with E-state index in [9.17, 15) is 9.59 Å². The van der Waals surface area contributed by atoms with Gasteiger partial charge in [-0.15, -0.1) is 6.42 Å². The maximum absolute atomic E-state index is 12.8. The highest BCUT2D eigenvalue weighted by Crippen LogP contribution is 2.32. The van der Waals surface area contributed by atoms with Gasteiger partial charge in [0.2, 0.25) is 0 Å². The van der Waals surface area contributed by atoms with Crippen LogP contribution in [0.1, 0.15) is 6.92 Å². The first-order valence-corrected chi connectivity index (χ1v) is 8.34. The predicted molar refractivity (Wildman–Crippen MR) is 102 cm³/mol. The van der Waals surface area contributed by atoms with Crippen molar-refractivity contribution in [1.29, 1.82) is 0 Å². The van der Waals surface area contributed by atoms with Crippen molar-refractivity contribution in [2.24, 2.45) is 7.05 Å². The molecule has 0 saturated heterocycles. The average Bonchev–Trinajstić information content (AvgIpc) is 3.02. The smallest absolute Gasteiger partial charge is 0.333 e. The molecule has 0 unspecified atom stereocenters. The van der Waals surface area contributed by atoms with Crippen LogP contribution in [0.25, 0.3) is 22.6 Å². The van der Waals surface area contributed by atoms with Gasteiger partial charge in [0.05, 0.1) is 20.8 Å². The Labute approximate surface area is 155 Å². The number of benzene rings is 1. The third-order valence-electron chi connectivity index (χ3n) is 4.45. The lowest BCUT2D eigenvalue weighted by Gasteiger charge is -2.09. The van der Waals surface area contributed by atoms with E-state index in [-0.39, 0.29) is 6.54 Å². The Morgan fingerprint density at radius 3 is 2.44 bits per heavy atom. The van der Waals surface area contributed by atoms with Crippen LogP contribution in [0.15, 0.2) is 27.8 Å². The third kappa shape index (κ3) is 2.77. The van der Waals surface area contributed by atoms with E-state index in [4.69, 9.17) is 15.9 Å². The van der Waals surface area contributed by atoms with Gasteiger partial charge in [0.25, 0.3) is 5.56 Å². The first kappa shape index (κ1) is 18.3. The van der Waals surface area contributed by atoms with Crippen molar-refractivity contribution in [2.75, 3.05) is 14.2 Å². The van der Waals surface area contributed by atoms with Gasteiger partial charge in [0.15, 0.2) is 22.7 Å². The van der Waals surface area contributed by atoms with Crippen molar-refractivity contribution in [1.82, 2.24) is 18.7 Å². The number of aromatic nitrogens is 4. The maximum Gasteiger partial charge on any atom is 0.333 e.